The SMILES string of the molecule is Cc1cccc(C(=O)N[C@@H]2CCNC2)c1. The smallest absolute Gasteiger partial charge is 0.251 e. The predicted molar refractivity (Wildman–Crippen MR) is 59.9 cm³/mol. The van der Waals surface area contributed by atoms with Gasteiger partial charge in [-0.3, -0.25) is 4.79 Å². The molecule has 1 aromatic rings. The van der Waals surface area contributed by atoms with Crippen LogP contribution < -0.4 is 10.6 Å². The molecule has 0 radical (unpaired) electrons. The van der Waals surface area contributed by atoms with Crippen molar-refractivity contribution < 1.29 is 4.79 Å². The molecule has 0 aliphatic carbocycles. The van der Waals surface area contributed by atoms with E-state index in [2.05, 4.69) is 10.6 Å². The van der Waals surface area contributed by atoms with E-state index in [0.717, 1.165) is 30.6 Å². The van der Waals surface area contributed by atoms with Crippen molar-refractivity contribution in [2.45, 2.75) is 19.4 Å². The van der Waals surface area contributed by atoms with Crippen LogP contribution in [0.25, 0.3) is 0 Å². The van der Waals surface area contributed by atoms with Crippen molar-refractivity contribution in [3.63, 3.8) is 0 Å². The summed E-state index contributed by atoms with van der Waals surface area (Å²) in [7, 11) is 0. The molecule has 80 valence electrons. The first-order chi connectivity index (χ1) is 7.25. The van der Waals surface area contributed by atoms with Crippen LogP contribution in [0.5, 0.6) is 0 Å². The highest BCUT2D eigenvalue weighted by atomic mass is 16.1. The van der Waals surface area contributed by atoms with Crippen molar-refractivity contribution in [2.24, 2.45) is 0 Å². The molecule has 0 spiro atoms. The van der Waals surface area contributed by atoms with Crippen molar-refractivity contribution in [2.75, 3.05) is 13.1 Å². The lowest BCUT2D eigenvalue weighted by Gasteiger charge is -2.11. The van der Waals surface area contributed by atoms with E-state index in [4.69, 9.17) is 0 Å². The van der Waals surface area contributed by atoms with Gasteiger partial charge in [-0.15, -0.1) is 0 Å². The van der Waals surface area contributed by atoms with Gasteiger partial charge >= 0.3 is 0 Å². The monoisotopic (exact) mass is 204 g/mol. The van der Waals surface area contributed by atoms with Crippen LogP contribution in [-0.2, 0) is 0 Å². The maximum atomic E-state index is 11.8. The fraction of sp³-hybridized carbons (Fsp3) is 0.417. The van der Waals surface area contributed by atoms with Crippen LogP contribution in [0.1, 0.15) is 22.3 Å². The summed E-state index contributed by atoms with van der Waals surface area (Å²) in [5.74, 6) is 0.0346. The normalized spacial score (nSPS) is 20.2. The van der Waals surface area contributed by atoms with Gasteiger partial charge in [0, 0.05) is 18.2 Å². The molecule has 0 bridgehead atoms. The molecule has 1 aromatic carbocycles. The zero-order chi connectivity index (χ0) is 10.7. The molecular formula is C12H16N2O. The van der Waals surface area contributed by atoms with Gasteiger partial charge in [0.1, 0.15) is 0 Å². The molecule has 3 nitrogen and oxygen atoms in total. The molecule has 1 aliphatic rings. The molecule has 0 unspecified atom stereocenters. The number of aryl methyl sites for hydroxylation is 1. The maximum absolute atomic E-state index is 11.8. The van der Waals surface area contributed by atoms with Crippen molar-refractivity contribution >= 4 is 5.91 Å². The largest absolute Gasteiger partial charge is 0.348 e. The molecule has 1 saturated heterocycles. The van der Waals surface area contributed by atoms with E-state index in [0.29, 0.717) is 0 Å². The van der Waals surface area contributed by atoms with Gasteiger partial charge in [-0.25, -0.2) is 0 Å². The number of carbonyl (C=O) groups excluding carboxylic acids is 1. The Kier molecular flexibility index (Phi) is 3.02. The predicted octanol–water partition coefficient (Wildman–Crippen LogP) is 1.09. The number of benzene rings is 1. The molecule has 0 saturated carbocycles. The number of hydrogen-bond acceptors (Lipinski definition) is 2. The highest BCUT2D eigenvalue weighted by Crippen LogP contribution is 2.05. The van der Waals surface area contributed by atoms with Crippen LogP contribution in [0.3, 0.4) is 0 Å². The molecule has 0 aromatic heterocycles. The summed E-state index contributed by atoms with van der Waals surface area (Å²) in [5.41, 5.74) is 1.87. The fourth-order valence-corrected chi connectivity index (χ4v) is 1.83. The Balaban J connectivity index is 2.01. The molecule has 1 atom stereocenters. The topological polar surface area (TPSA) is 41.1 Å². The Morgan fingerprint density at radius 3 is 3.07 bits per heavy atom. The first kappa shape index (κ1) is 10.2. The van der Waals surface area contributed by atoms with Gasteiger partial charge in [-0.1, -0.05) is 17.7 Å². The molecule has 2 N–H and O–H groups in total. The zero-order valence-electron chi connectivity index (χ0n) is 8.92. The second-order valence-electron chi connectivity index (χ2n) is 4.03. The molecule has 15 heavy (non-hydrogen) atoms. The summed E-state index contributed by atoms with van der Waals surface area (Å²) < 4.78 is 0. The highest BCUT2D eigenvalue weighted by molar-refractivity contribution is 5.94. The third-order valence-corrected chi connectivity index (χ3v) is 2.68. The van der Waals surface area contributed by atoms with Gasteiger partial charge in [0.15, 0.2) is 0 Å². The third-order valence-electron chi connectivity index (χ3n) is 2.68. The van der Waals surface area contributed by atoms with Crippen molar-refractivity contribution in [3.8, 4) is 0 Å². The lowest BCUT2D eigenvalue weighted by atomic mass is 10.1. The highest BCUT2D eigenvalue weighted by Gasteiger charge is 2.17. The van der Waals surface area contributed by atoms with Gasteiger partial charge in [0.25, 0.3) is 5.91 Å². The lowest BCUT2D eigenvalue weighted by Crippen LogP contribution is -2.36. The minimum Gasteiger partial charge on any atom is -0.348 e. The second kappa shape index (κ2) is 4.45. The lowest BCUT2D eigenvalue weighted by molar-refractivity contribution is 0.0940. The van der Waals surface area contributed by atoms with Crippen LogP contribution in [0.2, 0.25) is 0 Å². The molecule has 2 rings (SSSR count). The number of hydrogen-bond donors (Lipinski definition) is 2. The second-order valence-corrected chi connectivity index (χ2v) is 4.03. The molecule has 3 heteroatoms. The van der Waals surface area contributed by atoms with Gasteiger partial charge in [-0.05, 0) is 32.0 Å². The summed E-state index contributed by atoms with van der Waals surface area (Å²) in [6.07, 6.45) is 1.03. The molecule has 1 aliphatic heterocycles. The van der Waals surface area contributed by atoms with Crippen LogP contribution in [0.4, 0.5) is 0 Å². The Labute approximate surface area is 89.9 Å². The van der Waals surface area contributed by atoms with Gasteiger partial charge in [0.2, 0.25) is 0 Å². The molecule has 1 amide bonds. The van der Waals surface area contributed by atoms with E-state index in [1.54, 1.807) is 0 Å². The van der Waals surface area contributed by atoms with Crippen LogP contribution in [-0.4, -0.2) is 25.0 Å². The minimum atomic E-state index is 0.0346. The Bertz CT molecular complexity index is 356. The Hall–Kier alpha value is -1.35. The number of rotatable bonds is 2. The number of carbonyl (C=O) groups is 1. The summed E-state index contributed by atoms with van der Waals surface area (Å²) in [6.45, 7) is 3.88. The van der Waals surface area contributed by atoms with E-state index in [9.17, 15) is 4.79 Å². The van der Waals surface area contributed by atoms with Crippen LogP contribution in [0, 0.1) is 6.92 Å². The van der Waals surface area contributed by atoms with Gasteiger partial charge in [-0.2, -0.15) is 0 Å². The standard InChI is InChI=1S/C12H16N2O/c1-9-3-2-4-10(7-9)12(15)14-11-5-6-13-8-11/h2-4,7,11,13H,5-6,8H2,1H3,(H,14,15)/t11-/m1/s1. The number of nitrogens with one attached hydrogen (secondary N) is 2. The first-order valence-electron chi connectivity index (χ1n) is 5.34. The summed E-state index contributed by atoms with van der Waals surface area (Å²) in [6, 6.07) is 7.96. The van der Waals surface area contributed by atoms with Crippen LogP contribution in [0.15, 0.2) is 24.3 Å². The fourth-order valence-electron chi connectivity index (χ4n) is 1.83. The van der Waals surface area contributed by atoms with E-state index < -0.39 is 0 Å². The Morgan fingerprint density at radius 2 is 2.40 bits per heavy atom. The quantitative estimate of drug-likeness (QED) is 0.757. The molecule has 1 heterocycles. The van der Waals surface area contributed by atoms with E-state index in [-0.39, 0.29) is 11.9 Å². The van der Waals surface area contributed by atoms with E-state index in [1.807, 2.05) is 31.2 Å². The summed E-state index contributed by atoms with van der Waals surface area (Å²) >= 11 is 0. The number of amides is 1. The van der Waals surface area contributed by atoms with Crippen LogP contribution >= 0.6 is 0 Å². The van der Waals surface area contributed by atoms with Crippen molar-refractivity contribution in [1.29, 1.82) is 0 Å². The summed E-state index contributed by atoms with van der Waals surface area (Å²) in [4.78, 5) is 11.8. The molecular weight excluding hydrogens is 188 g/mol. The first-order valence-corrected chi connectivity index (χ1v) is 5.34. The average Bonchev–Trinajstić information content (AvgIpc) is 2.70. The summed E-state index contributed by atoms with van der Waals surface area (Å²) in [5, 5.41) is 6.25. The maximum Gasteiger partial charge on any atom is 0.251 e. The van der Waals surface area contributed by atoms with Crippen molar-refractivity contribution in [3.05, 3.63) is 35.4 Å². The third kappa shape index (κ3) is 2.57. The van der Waals surface area contributed by atoms with Crippen molar-refractivity contribution in [1.82, 2.24) is 10.6 Å². The van der Waals surface area contributed by atoms with E-state index >= 15 is 0 Å². The Morgan fingerprint density at radius 1 is 1.53 bits per heavy atom. The zero-order valence-corrected chi connectivity index (χ0v) is 8.92. The van der Waals surface area contributed by atoms with E-state index in [1.165, 1.54) is 0 Å². The average molecular weight is 204 g/mol. The van der Waals surface area contributed by atoms with Gasteiger partial charge < -0.3 is 10.6 Å². The van der Waals surface area contributed by atoms with Gasteiger partial charge in [0.05, 0.1) is 0 Å². The molecule has 1 fully saturated rings. The minimum absolute atomic E-state index is 0.0346.